The Labute approximate surface area is 326 Å². The number of nitrogens with zero attached hydrogens (tertiary/aromatic N) is 3. The molecule has 2 saturated heterocycles. The standard InChI is InChI=1S/C47H49N3O6/c51-32-12-10-28-18-34-46(53)20-30-31-21-47(54)35-19-29-11-13-33(52)41-37(29)45(47,15-17-49(35)23-27-8-9-27)43(56-41)39(31)50(24-25-4-2-1-3-5-25)38(30)42-44(46,36(28)40(32)55-42)14-16-48(34)22-26-6-7-26/h1-5,10-13,26-27,34-35,42-43,51-54H,6-9,14-24H2/t34-,35+,42-,43-,44-,45-,46+,47+/m0/s1. The van der Waals surface area contributed by atoms with Crippen molar-refractivity contribution in [1.82, 2.24) is 14.4 Å². The molecule has 1 aromatic heterocycles. The van der Waals surface area contributed by atoms with E-state index < -0.39 is 34.2 Å². The van der Waals surface area contributed by atoms with E-state index in [9.17, 15) is 20.4 Å². The number of aromatic hydroxyl groups is 2. The maximum absolute atomic E-state index is 13.9. The Balaban J connectivity index is 1.04. The fourth-order valence-corrected chi connectivity index (χ4v) is 14.5. The number of hydrogen-bond donors (Lipinski definition) is 4. The lowest BCUT2D eigenvalue weighted by atomic mass is 9.47. The van der Waals surface area contributed by atoms with Crippen molar-refractivity contribution in [2.75, 3.05) is 26.2 Å². The molecule has 9 nitrogen and oxygen atoms in total. The summed E-state index contributed by atoms with van der Waals surface area (Å²) in [5.41, 5.74) is 6.13. The fraction of sp³-hybridized carbons (Fsp3) is 0.532. The summed E-state index contributed by atoms with van der Waals surface area (Å²) in [5.74, 6) is 2.74. The van der Waals surface area contributed by atoms with Gasteiger partial charge in [-0.1, -0.05) is 42.5 Å². The number of phenolic OH excluding ortho intramolecular Hbond substituents is 2. The van der Waals surface area contributed by atoms with E-state index in [1.807, 2.05) is 0 Å². The van der Waals surface area contributed by atoms with Gasteiger partial charge in [-0.05, 0) is 116 Å². The lowest BCUT2D eigenvalue weighted by Crippen LogP contribution is -2.75. The van der Waals surface area contributed by atoms with E-state index in [-0.39, 0.29) is 23.6 Å². The van der Waals surface area contributed by atoms with Crippen molar-refractivity contribution in [3.05, 3.63) is 105 Å². The summed E-state index contributed by atoms with van der Waals surface area (Å²) >= 11 is 0. The molecular formula is C47H49N3O6. The van der Waals surface area contributed by atoms with Crippen LogP contribution in [0.2, 0.25) is 0 Å². The van der Waals surface area contributed by atoms with Gasteiger partial charge in [0.25, 0.3) is 0 Å². The molecule has 288 valence electrons. The largest absolute Gasteiger partial charge is 0.504 e. The van der Waals surface area contributed by atoms with E-state index in [4.69, 9.17) is 9.47 Å². The quantitative estimate of drug-likeness (QED) is 0.209. The Kier molecular flexibility index (Phi) is 5.80. The van der Waals surface area contributed by atoms with Crippen LogP contribution in [0.3, 0.4) is 0 Å². The predicted octanol–water partition coefficient (Wildman–Crippen LogP) is 5.35. The van der Waals surface area contributed by atoms with Gasteiger partial charge in [-0.25, -0.2) is 0 Å². The summed E-state index contributed by atoms with van der Waals surface area (Å²) in [6.45, 7) is 4.37. The second-order valence-corrected chi connectivity index (χ2v) is 19.7. The second-order valence-electron chi connectivity index (χ2n) is 19.7. The van der Waals surface area contributed by atoms with E-state index in [0.29, 0.717) is 42.7 Å². The molecule has 4 bridgehead atoms. The van der Waals surface area contributed by atoms with Crippen molar-refractivity contribution in [2.24, 2.45) is 11.8 Å². The molecule has 3 aromatic carbocycles. The molecule has 6 aliphatic carbocycles. The highest BCUT2D eigenvalue weighted by Gasteiger charge is 2.77. The number of phenols is 2. The van der Waals surface area contributed by atoms with Crippen molar-refractivity contribution in [3.63, 3.8) is 0 Å². The Hall–Kier alpha value is -4.02. The molecule has 10 aliphatic rings. The Bertz CT molecular complexity index is 2280. The molecule has 14 rings (SSSR count). The number of aliphatic hydroxyl groups is 2. The maximum Gasteiger partial charge on any atom is 0.166 e. The van der Waals surface area contributed by atoms with Gasteiger partial charge in [-0.15, -0.1) is 0 Å². The Morgan fingerprint density at radius 1 is 0.625 bits per heavy atom. The number of rotatable bonds is 6. The van der Waals surface area contributed by atoms with Crippen LogP contribution in [0.25, 0.3) is 0 Å². The first-order valence-corrected chi connectivity index (χ1v) is 21.5. The third-order valence-electron chi connectivity index (χ3n) is 17.2. The first-order chi connectivity index (χ1) is 27.2. The van der Waals surface area contributed by atoms with Crippen LogP contribution >= 0.6 is 0 Å². The normalized spacial score (nSPS) is 37.6. The third kappa shape index (κ3) is 3.54. The molecule has 8 atom stereocenters. The van der Waals surface area contributed by atoms with E-state index in [1.54, 1.807) is 12.1 Å². The molecule has 4 aliphatic heterocycles. The molecular weight excluding hydrogens is 703 g/mol. The average molecular weight is 752 g/mol. The molecule has 5 heterocycles. The van der Waals surface area contributed by atoms with Crippen molar-refractivity contribution in [2.45, 2.75) is 117 Å². The molecule has 9 heteroatoms. The lowest BCUT2D eigenvalue weighted by Gasteiger charge is -2.63. The minimum atomic E-state index is -1.14. The first kappa shape index (κ1) is 32.0. The zero-order chi connectivity index (χ0) is 37.1. The highest BCUT2D eigenvalue weighted by atomic mass is 16.5. The smallest absolute Gasteiger partial charge is 0.166 e. The predicted molar refractivity (Wildman–Crippen MR) is 206 cm³/mol. The van der Waals surface area contributed by atoms with Crippen LogP contribution in [0.1, 0.15) is 101 Å². The molecule has 0 radical (unpaired) electrons. The van der Waals surface area contributed by atoms with Gasteiger partial charge in [0.05, 0.1) is 33.4 Å². The summed E-state index contributed by atoms with van der Waals surface area (Å²) in [5, 5.41) is 50.8. The van der Waals surface area contributed by atoms with Gasteiger partial charge in [-0.2, -0.15) is 0 Å². The van der Waals surface area contributed by atoms with Crippen LogP contribution in [0.4, 0.5) is 0 Å². The van der Waals surface area contributed by atoms with Gasteiger partial charge in [-0.3, -0.25) is 9.80 Å². The fourth-order valence-electron chi connectivity index (χ4n) is 14.5. The van der Waals surface area contributed by atoms with Gasteiger partial charge in [0, 0.05) is 55.7 Å². The van der Waals surface area contributed by atoms with Crippen molar-refractivity contribution >= 4 is 0 Å². The molecule has 4 N–H and O–H groups in total. The number of aromatic nitrogens is 1. The number of benzene rings is 3. The number of piperidine rings is 2. The topological polar surface area (TPSA) is 111 Å². The monoisotopic (exact) mass is 751 g/mol. The van der Waals surface area contributed by atoms with Crippen LogP contribution in [0, 0.1) is 11.8 Å². The van der Waals surface area contributed by atoms with Crippen molar-refractivity contribution in [3.8, 4) is 23.0 Å². The first-order valence-electron chi connectivity index (χ1n) is 21.5. The highest BCUT2D eigenvalue weighted by molar-refractivity contribution is 5.69. The van der Waals surface area contributed by atoms with E-state index >= 15 is 0 Å². The van der Waals surface area contributed by atoms with Gasteiger partial charge in [0.1, 0.15) is 0 Å². The maximum atomic E-state index is 13.9. The zero-order valence-corrected chi connectivity index (χ0v) is 31.7. The van der Waals surface area contributed by atoms with Crippen LogP contribution in [0.5, 0.6) is 23.0 Å². The van der Waals surface area contributed by atoms with E-state index in [1.165, 1.54) is 36.8 Å². The molecule has 2 saturated carbocycles. The number of likely N-dealkylation sites (tertiary alicyclic amines) is 2. The number of hydrogen-bond acceptors (Lipinski definition) is 8. The minimum Gasteiger partial charge on any atom is -0.504 e. The van der Waals surface area contributed by atoms with Gasteiger partial charge >= 0.3 is 0 Å². The molecule has 2 spiro atoms. The summed E-state index contributed by atoms with van der Waals surface area (Å²) in [4.78, 5) is 5.19. The molecule has 0 unspecified atom stereocenters. The third-order valence-corrected chi connectivity index (χ3v) is 17.2. The number of ether oxygens (including phenoxy) is 2. The van der Waals surface area contributed by atoms with E-state index in [0.717, 1.165) is 91.1 Å². The van der Waals surface area contributed by atoms with Crippen LogP contribution in [0.15, 0.2) is 54.6 Å². The molecule has 0 amide bonds. The summed E-state index contributed by atoms with van der Waals surface area (Å²) < 4.78 is 16.9. The minimum absolute atomic E-state index is 0.0835. The zero-order valence-electron chi connectivity index (χ0n) is 31.7. The highest BCUT2D eigenvalue weighted by Crippen LogP contribution is 2.73. The van der Waals surface area contributed by atoms with Crippen LogP contribution in [-0.4, -0.2) is 84.3 Å². The van der Waals surface area contributed by atoms with E-state index in [2.05, 4.69) is 56.8 Å². The number of fused-ring (bicyclic) bond motifs is 5. The average Bonchev–Trinajstić information content (AvgIpc) is 4.10. The molecule has 4 aromatic rings. The summed E-state index contributed by atoms with van der Waals surface area (Å²) in [6, 6.07) is 18.2. The Morgan fingerprint density at radius 3 is 1.57 bits per heavy atom. The molecule has 56 heavy (non-hydrogen) atoms. The van der Waals surface area contributed by atoms with Crippen LogP contribution < -0.4 is 9.47 Å². The Morgan fingerprint density at radius 2 is 1.11 bits per heavy atom. The summed E-state index contributed by atoms with van der Waals surface area (Å²) in [7, 11) is 0. The SMILES string of the molecule is Oc1ccc2c3c1O[C@H]1c4c(c5c(n4Cc4ccccc4)[C@@H]4Oc6c(O)ccc7c6[C@@]46CCN(CC4CC4)[C@H](C7)[C@]6(O)C5)C[C@@]4(O)[C@H](C2)N(CC2CC2)CC[C@]314. The van der Waals surface area contributed by atoms with Gasteiger partial charge in [0.2, 0.25) is 0 Å². The van der Waals surface area contributed by atoms with Crippen molar-refractivity contribution < 1.29 is 29.9 Å². The van der Waals surface area contributed by atoms with Gasteiger partial charge in [0.15, 0.2) is 35.2 Å². The second kappa shape index (κ2) is 10.2. The van der Waals surface area contributed by atoms with Crippen LogP contribution in [-0.2, 0) is 43.1 Å². The lowest BCUT2D eigenvalue weighted by molar-refractivity contribution is -0.176. The van der Waals surface area contributed by atoms with Gasteiger partial charge < -0.3 is 34.5 Å². The molecule has 4 fully saturated rings. The van der Waals surface area contributed by atoms with Crippen molar-refractivity contribution in [1.29, 1.82) is 0 Å². The summed E-state index contributed by atoms with van der Waals surface area (Å²) in [6.07, 6.45) is 7.84.